The number of hydrogen-bond acceptors (Lipinski definition) is 4. The van der Waals surface area contributed by atoms with Gasteiger partial charge in [0.05, 0.1) is 10.6 Å². The van der Waals surface area contributed by atoms with E-state index in [1.165, 1.54) is 10.4 Å². The quantitative estimate of drug-likeness (QED) is 0.783. The number of fused-ring (bicyclic) bond motifs is 1. The van der Waals surface area contributed by atoms with Crippen LogP contribution in [-0.2, 0) is 12.2 Å². The molecule has 0 unspecified atom stereocenters. The first kappa shape index (κ1) is 14.0. The second-order valence-corrected chi connectivity index (χ2v) is 7.65. The zero-order valence-electron chi connectivity index (χ0n) is 10.6. The number of carbonyl (C=O) groups is 1. The Morgan fingerprint density at radius 3 is 2.95 bits per heavy atom. The van der Waals surface area contributed by atoms with E-state index in [1.807, 2.05) is 17.8 Å². The molecule has 0 radical (unpaired) electrons. The van der Waals surface area contributed by atoms with E-state index in [-0.39, 0.29) is 5.91 Å². The summed E-state index contributed by atoms with van der Waals surface area (Å²) in [5, 5.41) is 2.93. The average Bonchev–Trinajstić information content (AvgIpc) is 2.86. The summed E-state index contributed by atoms with van der Waals surface area (Å²) in [4.78, 5) is 14.4. The third kappa shape index (κ3) is 2.87. The van der Waals surface area contributed by atoms with Crippen LogP contribution in [0, 0.1) is 0 Å². The lowest BCUT2D eigenvalue weighted by Gasteiger charge is -2.08. The van der Waals surface area contributed by atoms with Crippen molar-refractivity contribution in [3.05, 3.63) is 44.1 Å². The van der Waals surface area contributed by atoms with Gasteiger partial charge in [-0.05, 0) is 57.9 Å². The van der Waals surface area contributed by atoms with E-state index in [4.69, 9.17) is 5.73 Å². The third-order valence-corrected chi connectivity index (χ3v) is 5.99. The van der Waals surface area contributed by atoms with Gasteiger partial charge in [0.15, 0.2) is 0 Å². The molecule has 104 valence electrons. The maximum atomic E-state index is 12.3. The molecule has 3 rings (SSSR count). The molecule has 1 aliphatic rings. The number of nitrogens with two attached hydrogens (primary N) is 1. The molecule has 20 heavy (non-hydrogen) atoms. The van der Waals surface area contributed by atoms with E-state index in [2.05, 4.69) is 21.2 Å². The highest BCUT2D eigenvalue weighted by molar-refractivity contribution is 9.10. The Labute approximate surface area is 134 Å². The van der Waals surface area contributed by atoms with Crippen molar-refractivity contribution in [3.63, 3.8) is 0 Å². The van der Waals surface area contributed by atoms with Crippen molar-refractivity contribution in [1.29, 1.82) is 0 Å². The molecule has 2 heterocycles. The molecule has 1 aromatic carbocycles. The average molecular weight is 369 g/mol. The van der Waals surface area contributed by atoms with Crippen LogP contribution >= 0.6 is 39.0 Å². The Bertz CT molecular complexity index is 646. The van der Waals surface area contributed by atoms with Crippen LogP contribution in [0.4, 0.5) is 11.4 Å². The van der Waals surface area contributed by atoms with Gasteiger partial charge in [0, 0.05) is 20.8 Å². The summed E-state index contributed by atoms with van der Waals surface area (Å²) in [6.45, 7) is 0. The van der Waals surface area contributed by atoms with Gasteiger partial charge in [-0.15, -0.1) is 11.3 Å². The fourth-order valence-corrected chi connectivity index (χ4v) is 4.84. The van der Waals surface area contributed by atoms with Gasteiger partial charge in [0.2, 0.25) is 0 Å². The highest BCUT2D eigenvalue weighted by Crippen LogP contribution is 2.32. The van der Waals surface area contributed by atoms with Gasteiger partial charge in [-0.1, -0.05) is 0 Å². The molecular formula is C14H13BrN2OS2. The number of rotatable bonds is 2. The van der Waals surface area contributed by atoms with Crippen molar-refractivity contribution >= 4 is 56.3 Å². The SMILES string of the molecule is Nc1ccc(NC(=O)c2cc3c(s2)CCSC3)c(Br)c1. The number of nitrogens with one attached hydrogen (secondary N) is 1. The largest absolute Gasteiger partial charge is 0.399 e. The first-order chi connectivity index (χ1) is 9.63. The summed E-state index contributed by atoms with van der Waals surface area (Å²) in [5.74, 6) is 2.11. The molecule has 0 saturated heterocycles. The van der Waals surface area contributed by atoms with Crippen molar-refractivity contribution in [2.24, 2.45) is 0 Å². The molecule has 1 aliphatic heterocycles. The number of thioether (sulfide) groups is 1. The molecule has 0 fully saturated rings. The third-order valence-electron chi connectivity index (χ3n) is 3.09. The molecule has 0 bridgehead atoms. The van der Waals surface area contributed by atoms with Crippen molar-refractivity contribution in [1.82, 2.24) is 0 Å². The number of nitrogen functional groups attached to an aromatic ring is 1. The fourth-order valence-electron chi connectivity index (χ4n) is 2.08. The Balaban J connectivity index is 1.80. The van der Waals surface area contributed by atoms with Crippen LogP contribution in [0.5, 0.6) is 0 Å². The number of aryl methyl sites for hydroxylation is 1. The van der Waals surface area contributed by atoms with Crippen LogP contribution in [0.3, 0.4) is 0 Å². The number of halogens is 1. The fraction of sp³-hybridized carbons (Fsp3) is 0.214. The van der Waals surface area contributed by atoms with Crippen LogP contribution in [-0.4, -0.2) is 11.7 Å². The van der Waals surface area contributed by atoms with Gasteiger partial charge >= 0.3 is 0 Å². The lowest BCUT2D eigenvalue weighted by atomic mass is 10.2. The Morgan fingerprint density at radius 2 is 2.20 bits per heavy atom. The molecular weight excluding hydrogens is 356 g/mol. The molecule has 0 aliphatic carbocycles. The van der Waals surface area contributed by atoms with Gasteiger partial charge in [-0.2, -0.15) is 11.8 Å². The van der Waals surface area contributed by atoms with Gasteiger partial charge in [-0.25, -0.2) is 0 Å². The predicted octanol–water partition coefficient (Wildman–Crippen LogP) is 4.13. The van der Waals surface area contributed by atoms with Crippen molar-refractivity contribution < 1.29 is 4.79 Å². The van der Waals surface area contributed by atoms with Crippen LogP contribution in [0.2, 0.25) is 0 Å². The minimum atomic E-state index is -0.0557. The highest BCUT2D eigenvalue weighted by Gasteiger charge is 2.18. The van der Waals surface area contributed by atoms with Crippen molar-refractivity contribution in [3.8, 4) is 0 Å². The maximum Gasteiger partial charge on any atom is 0.265 e. The number of thiophene rings is 1. The standard InChI is InChI=1S/C14H13BrN2OS2/c15-10-6-9(16)1-2-11(10)17-14(18)13-5-8-7-19-4-3-12(8)20-13/h1-2,5-6H,3-4,7,16H2,(H,17,18). The molecule has 0 saturated carbocycles. The molecule has 0 atom stereocenters. The highest BCUT2D eigenvalue weighted by atomic mass is 79.9. The van der Waals surface area contributed by atoms with Crippen LogP contribution in [0.15, 0.2) is 28.7 Å². The second-order valence-electron chi connectivity index (χ2n) is 4.56. The number of carbonyl (C=O) groups excluding carboxylic acids is 1. The zero-order chi connectivity index (χ0) is 14.1. The lowest BCUT2D eigenvalue weighted by Crippen LogP contribution is -2.10. The summed E-state index contributed by atoms with van der Waals surface area (Å²) in [6, 6.07) is 7.38. The predicted molar refractivity (Wildman–Crippen MR) is 90.7 cm³/mol. The summed E-state index contributed by atoms with van der Waals surface area (Å²) in [5.41, 5.74) is 8.41. The van der Waals surface area contributed by atoms with E-state index in [0.717, 1.165) is 33.0 Å². The molecule has 3 N–H and O–H groups in total. The van der Waals surface area contributed by atoms with E-state index in [0.29, 0.717) is 5.69 Å². The second kappa shape index (κ2) is 5.79. The van der Waals surface area contributed by atoms with Gasteiger partial charge < -0.3 is 11.1 Å². The monoisotopic (exact) mass is 368 g/mol. The van der Waals surface area contributed by atoms with E-state index in [9.17, 15) is 4.79 Å². The normalized spacial score (nSPS) is 13.8. The zero-order valence-corrected chi connectivity index (χ0v) is 13.8. The van der Waals surface area contributed by atoms with Gasteiger partial charge in [0.25, 0.3) is 5.91 Å². The van der Waals surface area contributed by atoms with Crippen molar-refractivity contribution in [2.75, 3.05) is 16.8 Å². The number of benzene rings is 1. The van der Waals surface area contributed by atoms with Crippen molar-refractivity contribution in [2.45, 2.75) is 12.2 Å². The maximum absolute atomic E-state index is 12.3. The molecule has 6 heteroatoms. The van der Waals surface area contributed by atoms with E-state index in [1.54, 1.807) is 29.5 Å². The molecule has 2 aromatic rings. The molecule has 1 amide bonds. The molecule has 3 nitrogen and oxygen atoms in total. The first-order valence-electron chi connectivity index (χ1n) is 6.19. The Kier molecular flexibility index (Phi) is 4.05. The van der Waals surface area contributed by atoms with Crippen LogP contribution in [0.1, 0.15) is 20.1 Å². The molecule has 1 aromatic heterocycles. The molecule has 0 spiro atoms. The van der Waals surface area contributed by atoms with Crippen LogP contribution < -0.4 is 11.1 Å². The number of anilines is 2. The summed E-state index contributed by atoms with van der Waals surface area (Å²) in [7, 11) is 0. The van der Waals surface area contributed by atoms with Gasteiger partial charge in [0.1, 0.15) is 0 Å². The Hall–Kier alpha value is -0.980. The number of hydrogen-bond donors (Lipinski definition) is 2. The minimum absolute atomic E-state index is 0.0557. The minimum Gasteiger partial charge on any atom is -0.399 e. The van der Waals surface area contributed by atoms with E-state index >= 15 is 0 Å². The Morgan fingerprint density at radius 1 is 1.35 bits per heavy atom. The number of amides is 1. The van der Waals surface area contributed by atoms with E-state index < -0.39 is 0 Å². The summed E-state index contributed by atoms with van der Waals surface area (Å²) < 4.78 is 0.794. The summed E-state index contributed by atoms with van der Waals surface area (Å²) >= 11 is 6.94. The summed E-state index contributed by atoms with van der Waals surface area (Å²) in [6.07, 6.45) is 1.07. The smallest absolute Gasteiger partial charge is 0.265 e. The first-order valence-corrected chi connectivity index (χ1v) is 8.95. The van der Waals surface area contributed by atoms with Gasteiger partial charge in [-0.3, -0.25) is 4.79 Å². The lowest BCUT2D eigenvalue weighted by molar-refractivity contribution is 0.103. The van der Waals surface area contributed by atoms with Crippen LogP contribution in [0.25, 0.3) is 0 Å². The topological polar surface area (TPSA) is 55.1 Å².